The van der Waals surface area contributed by atoms with Crippen molar-refractivity contribution >= 4 is 0 Å². The monoisotopic (exact) mass is 230 g/mol. The summed E-state index contributed by atoms with van der Waals surface area (Å²) < 4.78 is 11.0. The minimum Gasteiger partial charge on any atom is -0.382 e. The molecule has 0 bridgehead atoms. The molecule has 1 rings (SSSR count). The molecule has 0 amide bonds. The van der Waals surface area contributed by atoms with E-state index in [1.54, 1.807) is 7.11 Å². The van der Waals surface area contributed by atoms with Crippen molar-refractivity contribution in [3.05, 3.63) is 0 Å². The third kappa shape index (κ3) is 5.25. The number of methoxy groups -OCH3 is 1. The zero-order chi connectivity index (χ0) is 11.8. The highest BCUT2D eigenvalue weighted by Gasteiger charge is 2.18. The van der Waals surface area contributed by atoms with Crippen LogP contribution in [0.4, 0.5) is 0 Å². The Morgan fingerprint density at radius 3 is 2.44 bits per heavy atom. The third-order valence-corrected chi connectivity index (χ3v) is 2.97. The summed E-state index contributed by atoms with van der Waals surface area (Å²) in [6.07, 6.45) is 1.30. The van der Waals surface area contributed by atoms with Crippen LogP contribution in [0.3, 0.4) is 0 Å². The van der Waals surface area contributed by atoms with Crippen molar-refractivity contribution in [3.8, 4) is 0 Å². The smallest absolute Gasteiger partial charge is 0.0934 e. The van der Waals surface area contributed by atoms with E-state index in [-0.39, 0.29) is 6.10 Å². The summed E-state index contributed by atoms with van der Waals surface area (Å²) >= 11 is 0. The Morgan fingerprint density at radius 1 is 1.19 bits per heavy atom. The summed E-state index contributed by atoms with van der Waals surface area (Å²) in [5.41, 5.74) is 0. The van der Waals surface area contributed by atoms with E-state index in [9.17, 15) is 0 Å². The highest BCUT2D eigenvalue weighted by Crippen LogP contribution is 2.03. The molecule has 1 heterocycles. The van der Waals surface area contributed by atoms with E-state index in [1.807, 2.05) is 0 Å². The molecule has 96 valence electrons. The van der Waals surface area contributed by atoms with E-state index in [4.69, 9.17) is 9.47 Å². The number of rotatable bonds is 7. The largest absolute Gasteiger partial charge is 0.382 e. The van der Waals surface area contributed by atoms with Gasteiger partial charge in [-0.3, -0.25) is 4.90 Å². The van der Waals surface area contributed by atoms with Gasteiger partial charge in [-0.05, 0) is 13.5 Å². The zero-order valence-corrected chi connectivity index (χ0v) is 10.9. The predicted octanol–water partition coefficient (Wildman–Crippen LogP) is 0.675. The lowest BCUT2D eigenvalue weighted by molar-refractivity contribution is -0.0258. The lowest BCUT2D eigenvalue weighted by atomic mass is 10.2. The predicted molar refractivity (Wildman–Crippen MR) is 65.8 cm³/mol. The summed E-state index contributed by atoms with van der Waals surface area (Å²) in [6.45, 7) is 9.29. The summed E-state index contributed by atoms with van der Waals surface area (Å²) in [4.78, 5) is 4.84. The second kappa shape index (κ2) is 8.01. The summed E-state index contributed by atoms with van der Waals surface area (Å²) in [7, 11) is 3.92. The molecule has 1 atom stereocenters. The molecule has 1 fully saturated rings. The van der Waals surface area contributed by atoms with Crippen LogP contribution in [0.25, 0.3) is 0 Å². The Kier molecular flexibility index (Phi) is 6.96. The van der Waals surface area contributed by atoms with Gasteiger partial charge < -0.3 is 14.4 Å². The lowest BCUT2D eigenvalue weighted by Gasteiger charge is -2.34. The third-order valence-electron chi connectivity index (χ3n) is 2.97. The van der Waals surface area contributed by atoms with E-state index < -0.39 is 0 Å². The Bertz CT molecular complexity index is 170. The normalized spacial score (nSPS) is 21.2. The first-order valence-corrected chi connectivity index (χ1v) is 6.27. The van der Waals surface area contributed by atoms with Crippen LogP contribution < -0.4 is 0 Å². The van der Waals surface area contributed by atoms with Gasteiger partial charge in [0.2, 0.25) is 0 Å². The van der Waals surface area contributed by atoms with E-state index >= 15 is 0 Å². The maximum Gasteiger partial charge on any atom is 0.0934 e. The van der Waals surface area contributed by atoms with Crippen LogP contribution in [0.15, 0.2) is 0 Å². The molecule has 0 saturated carbocycles. The van der Waals surface area contributed by atoms with Crippen LogP contribution >= 0.6 is 0 Å². The Morgan fingerprint density at radius 2 is 1.88 bits per heavy atom. The first-order chi connectivity index (χ1) is 7.76. The van der Waals surface area contributed by atoms with Crippen molar-refractivity contribution in [3.63, 3.8) is 0 Å². The first kappa shape index (κ1) is 13.9. The van der Waals surface area contributed by atoms with Gasteiger partial charge in [-0.1, -0.05) is 6.92 Å². The minimum absolute atomic E-state index is 0.230. The zero-order valence-electron chi connectivity index (χ0n) is 10.9. The SMILES string of the molecule is CCCOC(COC)CN1CCN(C)CC1. The number of ether oxygens (including phenoxy) is 2. The molecule has 16 heavy (non-hydrogen) atoms. The topological polar surface area (TPSA) is 24.9 Å². The van der Waals surface area contributed by atoms with Crippen molar-refractivity contribution in [1.29, 1.82) is 0 Å². The van der Waals surface area contributed by atoms with Crippen LogP contribution in [-0.2, 0) is 9.47 Å². The van der Waals surface area contributed by atoms with Crippen molar-refractivity contribution in [2.45, 2.75) is 19.4 Å². The second-order valence-corrected chi connectivity index (χ2v) is 4.55. The van der Waals surface area contributed by atoms with Gasteiger partial charge in [-0.2, -0.15) is 0 Å². The maximum atomic E-state index is 5.78. The number of hydrogen-bond donors (Lipinski definition) is 0. The molecule has 0 spiro atoms. The molecule has 0 N–H and O–H groups in total. The molecule has 1 aliphatic rings. The van der Waals surface area contributed by atoms with Crippen molar-refractivity contribution in [1.82, 2.24) is 9.80 Å². The average Bonchev–Trinajstić information content (AvgIpc) is 2.29. The van der Waals surface area contributed by atoms with Gasteiger partial charge in [0.15, 0.2) is 0 Å². The summed E-state index contributed by atoms with van der Waals surface area (Å²) in [5.74, 6) is 0. The molecule has 4 nitrogen and oxygen atoms in total. The highest BCUT2D eigenvalue weighted by atomic mass is 16.5. The fraction of sp³-hybridized carbons (Fsp3) is 1.00. The number of hydrogen-bond acceptors (Lipinski definition) is 4. The van der Waals surface area contributed by atoms with E-state index in [0.717, 1.165) is 45.8 Å². The van der Waals surface area contributed by atoms with Gasteiger partial charge in [-0.25, -0.2) is 0 Å². The van der Waals surface area contributed by atoms with Gasteiger partial charge in [0.05, 0.1) is 12.7 Å². The highest BCUT2D eigenvalue weighted by molar-refractivity contribution is 4.72. The van der Waals surface area contributed by atoms with Crippen LogP contribution in [-0.4, -0.2) is 76.0 Å². The Balaban J connectivity index is 2.24. The molecule has 0 radical (unpaired) electrons. The van der Waals surface area contributed by atoms with Gasteiger partial charge in [0.1, 0.15) is 0 Å². The first-order valence-electron chi connectivity index (χ1n) is 6.27. The van der Waals surface area contributed by atoms with Gasteiger partial charge in [-0.15, -0.1) is 0 Å². The Labute approximate surface area is 99.5 Å². The number of piperazine rings is 1. The van der Waals surface area contributed by atoms with E-state index in [1.165, 1.54) is 0 Å². The van der Waals surface area contributed by atoms with Crippen molar-refractivity contribution in [2.24, 2.45) is 0 Å². The molecular formula is C12H26N2O2. The number of nitrogens with zero attached hydrogens (tertiary/aromatic N) is 2. The molecule has 4 heteroatoms. The molecule has 0 aromatic carbocycles. The second-order valence-electron chi connectivity index (χ2n) is 4.55. The summed E-state index contributed by atoms with van der Waals surface area (Å²) in [5, 5.41) is 0. The molecule has 0 aromatic heterocycles. The van der Waals surface area contributed by atoms with Gasteiger partial charge >= 0.3 is 0 Å². The number of likely N-dealkylation sites (N-methyl/N-ethyl adjacent to an activating group) is 1. The molecule has 1 unspecified atom stereocenters. The van der Waals surface area contributed by atoms with E-state index in [2.05, 4.69) is 23.8 Å². The molecule has 1 aliphatic heterocycles. The molecule has 0 aliphatic carbocycles. The maximum absolute atomic E-state index is 5.78. The van der Waals surface area contributed by atoms with Crippen molar-refractivity contribution < 1.29 is 9.47 Å². The van der Waals surface area contributed by atoms with Crippen LogP contribution in [0.2, 0.25) is 0 Å². The summed E-state index contributed by atoms with van der Waals surface area (Å²) in [6, 6.07) is 0. The average molecular weight is 230 g/mol. The molecule has 1 saturated heterocycles. The fourth-order valence-corrected chi connectivity index (χ4v) is 1.94. The lowest BCUT2D eigenvalue weighted by Crippen LogP contribution is -2.48. The fourth-order valence-electron chi connectivity index (χ4n) is 1.94. The quantitative estimate of drug-likeness (QED) is 0.642. The van der Waals surface area contributed by atoms with Crippen LogP contribution in [0.1, 0.15) is 13.3 Å². The molecule has 0 aromatic rings. The molecular weight excluding hydrogens is 204 g/mol. The van der Waals surface area contributed by atoms with Crippen LogP contribution in [0.5, 0.6) is 0 Å². The standard InChI is InChI=1S/C12H26N2O2/c1-4-9-16-12(11-15-3)10-14-7-5-13(2)6-8-14/h12H,4-11H2,1-3H3. The Hall–Kier alpha value is -0.160. The van der Waals surface area contributed by atoms with Gasteiger partial charge in [0.25, 0.3) is 0 Å². The van der Waals surface area contributed by atoms with Gasteiger partial charge in [0, 0.05) is 46.4 Å². The van der Waals surface area contributed by atoms with Crippen molar-refractivity contribution in [2.75, 3.05) is 60.1 Å². The minimum atomic E-state index is 0.230. The van der Waals surface area contributed by atoms with E-state index in [0.29, 0.717) is 6.61 Å². The van der Waals surface area contributed by atoms with Crippen LogP contribution in [0, 0.1) is 0 Å².